The van der Waals surface area contributed by atoms with E-state index in [4.69, 9.17) is 53.9 Å². The third-order valence-electron chi connectivity index (χ3n) is 5.35. The maximum atomic E-state index is 5.34. The highest BCUT2D eigenvalue weighted by molar-refractivity contribution is 7.72. The molecule has 1 aromatic heterocycles. The topological polar surface area (TPSA) is 125 Å². The van der Waals surface area contributed by atoms with Crippen LogP contribution in [0.4, 0.5) is 0 Å². The van der Waals surface area contributed by atoms with Crippen molar-refractivity contribution in [1.29, 1.82) is 0 Å². The summed E-state index contributed by atoms with van der Waals surface area (Å²) in [6.45, 7) is 9.32. The van der Waals surface area contributed by atoms with Crippen LogP contribution in [0.25, 0.3) is 0 Å². The van der Waals surface area contributed by atoms with E-state index in [1.807, 2.05) is 0 Å². The van der Waals surface area contributed by atoms with Gasteiger partial charge in [0.2, 0.25) is 0 Å². The molecule has 0 atom stereocenters. The van der Waals surface area contributed by atoms with E-state index in [1.165, 1.54) is 116 Å². The third-order valence-corrected chi connectivity index (χ3v) is 5.97. The lowest BCUT2D eigenvalue weighted by molar-refractivity contribution is 0.612. The fourth-order valence-corrected chi connectivity index (χ4v) is 3.98. The van der Waals surface area contributed by atoms with Gasteiger partial charge in [0.15, 0.2) is 14.3 Å². The molecule has 0 aliphatic heterocycles. The van der Waals surface area contributed by atoms with Gasteiger partial charge in [-0.3, -0.25) is 0 Å². The normalized spacial score (nSPS) is 9.83. The van der Waals surface area contributed by atoms with Crippen LogP contribution < -0.4 is 17.2 Å². The number of nitrogens with two attached hydrogens (primary N) is 3. The molecule has 36 heavy (non-hydrogen) atoms. The maximum Gasteiger partial charge on any atom is 0.178 e. The van der Waals surface area contributed by atoms with Gasteiger partial charge in [-0.1, -0.05) is 117 Å². The van der Waals surface area contributed by atoms with Crippen LogP contribution in [0.3, 0.4) is 0 Å². The number of unbranched alkanes of at least 4 members (excludes halogenated alkanes) is 15. The number of aromatic amines is 3. The molecule has 9 heteroatoms. The predicted octanol–water partition coefficient (Wildman–Crippen LogP) is 8.78. The van der Waals surface area contributed by atoms with E-state index in [0.717, 1.165) is 19.6 Å². The summed E-state index contributed by atoms with van der Waals surface area (Å²) < 4.78 is 1.34. The molecular weight excluding hydrogens is 505 g/mol. The van der Waals surface area contributed by atoms with E-state index < -0.39 is 0 Å². The Balaban J connectivity index is -0.000000403. The fourth-order valence-electron chi connectivity index (χ4n) is 3.18. The largest absolute Gasteiger partial charge is 0.330 e. The zero-order valence-electron chi connectivity index (χ0n) is 23.8. The summed E-state index contributed by atoms with van der Waals surface area (Å²) in [5.41, 5.74) is 16.0. The van der Waals surface area contributed by atoms with Crippen LogP contribution >= 0.6 is 36.7 Å². The standard InChI is InChI=1S/3C8H19N.C3H3N3S3/c3*1-2-3-4-5-6-7-8-9;7-1-4-2(8)6-3(9)5-1/h3*2-9H2,1H3;(H3,4,5,6,7,8,9). The molecule has 6 nitrogen and oxygen atoms in total. The molecule has 1 rings (SSSR count). The second kappa shape index (κ2) is 36.7. The molecule has 216 valence electrons. The Labute approximate surface area is 238 Å². The van der Waals surface area contributed by atoms with Gasteiger partial charge in [0.1, 0.15) is 0 Å². The second-order valence-corrected chi connectivity index (χ2v) is 10.3. The highest BCUT2D eigenvalue weighted by Gasteiger charge is 1.87. The monoisotopic (exact) mass is 564 g/mol. The van der Waals surface area contributed by atoms with Gasteiger partial charge in [0.25, 0.3) is 0 Å². The molecule has 0 bridgehead atoms. The Morgan fingerprint density at radius 3 is 0.778 bits per heavy atom. The lowest BCUT2D eigenvalue weighted by Gasteiger charge is -1.96. The van der Waals surface area contributed by atoms with E-state index in [-0.39, 0.29) is 0 Å². The van der Waals surface area contributed by atoms with Crippen molar-refractivity contribution in [2.45, 2.75) is 136 Å². The molecule has 0 aliphatic carbocycles. The molecule has 0 fully saturated rings. The Morgan fingerprint density at radius 1 is 0.389 bits per heavy atom. The first kappa shape index (κ1) is 40.1. The van der Waals surface area contributed by atoms with Gasteiger partial charge >= 0.3 is 0 Å². The van der Waals surface area contributed by atoms with Gasteiger partial charge in [-0.05, 0) is 75.6 Å². The SMILES string of the molecule is CCCCCCCCN.CCCCCCCCN.CCCCCCCCN.S=c1[nH]c(=S)[nH]c(=S)[nH]1. The first-order chi connectivity index (χ1) is 17.4. The van der Waals surface area contributed by atoms with Gasteiger partial charge in [0.05, 0.1) is 0 Å². The number of nitrogens with one attached hydrogen (secondary N) is 3. The number of rotatable bonds is 18. The zero-order valence-corrected chi connectivity index (χ0v) is 26.3. The van der Waals surface area contributed by atoms with Gasteiger partial charge in [-0.2, -0.15) is 0 Å². The van der Waals surface area contributed by atoms with Crippen LogP contribution in [0.5, 0.6) is 0 Å². The summed E-state index contributed by atoms with van der Waals surface area (Å²) in [4.78, 5) is 7.99. The molecule has 9 N–H and O–H groups in total. The van der Waals surface area contributed by atoms with Gasteiger partial charge in [0, 0.05) is 0 Å². The van der Waals surface area contributed by atoms with Crippen LogP contribution in [-0.4, -0.2) is 34.6 Å². The van der Waals surface area contributed by atoms with Crippen LogP contribution in [0.2, 0.25) is 0 Å². The summed E-state index contributed by atoms with van der Waals surface area (Å²) >= 11 is 14.2. The van der Waals surface area contributed by atoms with Gasteiger partial charge in [-0.25, -0.2) is 0 Å². The Morgan fingerprint density at radius 2 is 0.583 bits per heavy atom. The third kappa shape index (κ3) is 40.7. The maximum absolute atomic E-state index is 5.34. The minimum Gasteiger partial charge on any atom is -0.330 e. The highest BCUT2D eigenvalue weighted by Crippen LogP contribution is 2.04. The second-order valence-electron chi connectivity index (χ2n) is 9.03. The molecule has 0 amide bonds. The number of hydrogen-bond donors (Lipinski definition) is 6. The van der Waals surface area contributed by atoms with Crippen molar-refractivity contribution in [3.05, 3.63) is 14.3 Å². The number of aromatic nitrogens is 3. The lowest BCUT2D eigenvalue weighted by Crippen LogP contribution is -1.97. The minimum atomic E-state index is 0.448. The molecule has 1 heterocycles. The van der Waals surface area contributed by atoms with E-state index in [2.05, 4.69) is 35.7 Å². The molecule has 0 spiro atoms. The van der Waals surface area contributed by atoms with E-state index in [9.17, 15) is 0 Å². The fraction of sp³-hybridized carbons (Fsp3) is 0.889. The van der Waals surface area contributed by atoms with Crippen LogP contribution in [0.1, 0.15) is 136 Å². The Bertz CT molecular complexity index is 542. The molecule has 0 radical (unpaired) electrons. The molecule has 0 aliphatic rings. The van der Waals surface area contributed by atoms with E-state index in [1.54, 1.807) is 0 Å². The van der Waals surface area contributed by atoms with Crippen LogP contribution in [0, 0.1) is 14.3 Å². The lowest BCUT2D eigenvalue weighted by atomic mass is 10.1. The molecule has 0 unspecified atom stereocenters. The van der Waals surface area contributed by atoms with Crippen molar-refractivity contribution in [2.24, 2.45) is 17.2 Å². The van der Waals surface area contributed by atoms with Crippen molar-refractivity contribution < 1.29 is 0 Å². The molecule has 0 saturated heterocycles. The zero-order chi connectivity index (χ0) is 27.7. The van der Waals surface area contributed by atoms with Gasteiger partial charge in [-0.15, -0.1) is 0 Å². The van der Waals surface area contributed by atoms with Crippen molar-refractivity contribution in [1.82, 2.24) is 15.0 Å². The van der Waals surface area contributed by atoms with Gasteiger partial charge < -0.3 is 32.2 Å². The van der Waals surface area contributed by atoms with Crippen LogP contribution in [0.15, 0.2) is 0 Å². The number of hydrogen-bond acceptors (Lipinski definition) is 6. The van der Waals surface area contributed by atoms with Crippen molar-refractivity contribution in [3.63, 3.8) is 0 Å². The van der Waals surface area contributed by atoms with E-state index >= 15 is 0 Å². The van der Waals surface area contributed by atoms with Crippen molar-refractivity contribution in [3.8, 4) is 0 Å². The molecule has 1 aromatic rings. The summed E-state index contributed by atoms with van der Waals surface area (Å²) in [5.74, 6) is 0. The molecular formula is C27H60N6S3. The van der Waals surface area contributed by atoms with Crippen LogP contribution in [-0.2, 0) is 0 Å². The summed E-state index contributed by atoms with van der Waals surface area (Å²) in [7, 11) is 0. The van der Waals surface area contributed by atoms with E-state index in [0.29, 0.717) is 14.3 Å². The average molecular weight is 565 g/mol. The number of H-pyrrole nitrogens is 3. The quantitative estimate of drug-likeness (QED) is 0.0781. The first-order valence-corrected chi connectivity index (χ1v) is 15.7. The highest BCUT2D eigenvalue weighted by atomic mass is 32.1. The summed E-state index contributed by atoms with van der Waals surface area (Å²) in [6.07, 6.45) is 24.2. The average Bonchev–Trinajstić information content (AvgIpc) is 2.84. The smallest absolute Gasteiger partial charge is 0.178 e. The first-order valence-electron chi connectivity index (χ1n) is 14.5. The Kier molecular flexibility index (Phi) is 40.8. The van der Waals surface area contributed by atoms with Crippen molar-refractivity contribution in [2.75, 3.05) is 19.6 Å². The minimum absolute atomic E-state index is 0.448. The predicted molar refractivity (Wildman–Crippen MR) is 169 cm³/mol. The van der Waals surface area contributed by atoms with Crippen molar-refractivity contribution >= 4 is 36.7 Å². The summed E-state index contributed by atoms with van der Waals surface area (Å²) in [5, 5.41) is 0. The molecule has 0 aromatic carbocycles. The summed E-state index contributed by atoms with van der Waals surface area (Å²) in [6, 6.07) is 0. The molecule has 0 saturated carbocycles. The Hall–Kier alpha value is -0.450.